The van der Waals surface area contributed by atoms with Crippen LogP contribution in [0.15, 0.2) is 12.1 Å². The van der Waals surface area contributed by atoms with Crippen LogP contribution >= 0.6 is 0 Å². The van der Waals surface area contributed by atoms with E-state index in [9.17, 15) is 4.79 Å². The van der Waals surface area contributed by atoms with Gasteiger partial charge in [-0.25, -0.2) is 4.98 Å². The van der Waals surface area contributed by atoms with Crippen molar-refractivity contribution >= 4 is 11.7 Å². The lowest BCUT2D eigenvalue weighted by atomic mass is 10.1. The number of aromatic nitrogens is 1. The number of nitrogens with zero attached hydrogens (tertiary/aromatic N) is 2. The van der Waals surface area contributed by atoms with Gasteiger partial charge in [-0.3, -0.25) is 4.79 Å². The molecule has 0 saturated carbocycles. The van der Waals surface area contributed by atoms with E-state index >= 15 is 0 Å². The Morgan fingerprint density at radius 2 is 2.15 bits per heavy atom. The van der Waals surface area contributed by atoms with Gasteiger partial charge < -0.3 is 15.0 Å². The molecule has 0 atom stereocenters. The molecule has 0 unspecified atom stereocenters. The van der Waals surface area contributed by atoms with Crippen molar-refractivity contribution in [2.75, 3.05) is 39.2 Å². The van der Waals surface area contributed by atoms with Crippen molar-refractivity contribution in [2.45, 2.75) is 26.7 Å². The van der Waals surface area contributed by atoms with Gasteiger partial charge in [-0.15, -0.1) is 0 Å². The van der Waals surface area contributed by atoms with Crippen LogP contribution < -0.4 is 5.32 Å². The summed E-state index contributed by atoms with van der Waals surface area (Å²) in [7, 11) is 3.59. The predicted molar refractivity (Wildman–Crippen MR) is 81.3 cm³/mol. The van der Waals surface area contributed by atoms with E-state index in [-0.39, 0.29) is 11.8 Å². The molecule has 0 aliphatic carbocycles. The third-order valence-electron chi connectivity index (χ3n) is 3.06. The molecule has 0 spiro atoms. The van der Waals surface area contributed by atoms with Gasteiger partial charge in [-0.2, -0.15) is 0 Å². The zero-order valence-electron chi connectivity index (χ0n) is 13.1. The Kier molecular flexibility index (Phi) is 6.45. The molecule has 0 fully saturated rings. The monoisotopic (exact) mass is 279 g/mol. The Hall–Kier alpha value is -1.62. The second-order valence-electron chi connectivity index (χ2n) is 4.99. The van der Waals surface area contributed by atoms with E-state index in [1.807, 2.05) is 13.0 Å². The summed E-state index contributed by atoms with van der Waals surface area (Å²) in [5, 5.41) is 3.00. The molecular formula is C15H25N3O2. The number of likely N-dealkylation sites (N-methyl/N-ethyl adjacent to an activating group) is 1. The Labute approximate surface area is 121 Å². The van der Waals surface area contributed by atoms with Crippen LogP contribution in [0.5, 0.6) is 0 Å². The quantitative estimate of drug-likeness (QED) is 0.778. The van der Waals surface area contributed by atoms with Gasteiger partial charge in [-0.1, -0.05) is 13.8 Å². The van der Waals surface area contributed by atoms with Gasteiger partial charge in [0.05, 0.1) is 6.61 Å². The molecule has 1 amide bonds. The second kappa shape index (κ2) is 7.85. The van der Waals surface area contributed by atoms with Gasteiger partial charge in [0.2, 0.25) is 0 Å². The van der Waals surface area contributed by atoms with Crippen molar-refractivity contribution in [3.8, 4) is 0 Å². The maximum absolute atomic E-state index is 12.4. The zero-order chi connectivity index (χ0) is 15.1. The molecular weight excluding hydrogens is 254 g/mol. The summed E-state index contributed by atoms with van der Waals surface area (Å²) in [6.07, 6.45) is 0. The van der Waals surface area contributed by atoms with Crippen LogP contribution in [0.1, 0.15) is 42.7 Å². The van der Waals surface area contributed by atoms with Crippen molar-refractivity contribution in [1.82, 2.24) is 9.88 Å². The third-order valence-corrected chi connectivity index (χ3v) is 3.06. The Bertz CT molecular complexity index is 447. The molecule has 112 valence electrons. The molecule has 0 saturated heterocycles. The zero-order valence-corrected chi connectivity index (χ0v) is 13.1. The first-order valence-electron chi connectivity index (χ1n) is 7.02. The highest BCUT2D eigenvalue weighted by molar-refractivity contribution is 5.94. The molecule has 0 aliphatic rings. The average Bonchev–Trinajstić information content (AvgIpc) is 2.45. The number of amides is 1. The minimum Gasteiger partial charge on any atom is -0.380 e. The Morgan fingerprint density at radius 3 is 2.70 bits per heavy atom. The summed E-state index contributed by atoms with van der Waals surface area (Å²) < 4.78 is 5.28. The lowest BCUT2D eigenvalue weighted by Gasteiger charge is -2.18. The Morgan fingerprint density at radius 1 is 1.45 bits per heavy atom. The fourth-order valence-corrected chi connectivity index (χ4v) is 1.77. The molecule has 0 radical (unpaired) electrons. The molecule has 0 aliphatic heterocycles. The lowest BCUT2D eigenvalue weighted by molar-refractivity contribution is 0.0710. The first-order valence-corrected chi connectivity index (χ1v) is 7.02. The average molecular weight is 279 g/mol. The lowest BCUT2D eigenvalue weighted by Crippen LogP contribution is -2.30. The van der Waals surface area contributed by atoms with E-state index in [1.165, 1.54) is 0 Å². The summed E-state index contributed by atoms with van der Waals surface area (Å²) in [6, 6.07) is 3.65. The number of carbonyl (C=O) groups excluding carboxylic acids is 1. The minimum absolute atomic E-state index is 0.00879. The highest BCUT2D eigenvalue weighted by Gasteiger charge is 2.15. The van der Waals surface area contributed by atoms with E-state index in [0.29, 0.717) is 25.3 Å². The SMILES string of the molecule is CCOCCN(C)C(=O)c1cc(NC)nc(C(C)C)c1. The van der Waals surface area contributed by atoms with Crippen molar-refractivity contribution in [1.29, 1.82) is 0 Å². The van der Waals surface area contributed by atoms with Crippen LogP contribution in [0, 0.1) is 0 Å². The van der Waals surface area contributed by atoms with Crippen LogP contribution in [0.3, 0.4) is 0 Å². The molecule has 20 heavy (non-hydrogen) atoms. The van der Waals surface area contributed by atoms with Crippen molar-refractivity contribution < 1.29 is 9.53 Å². The number of hydrogen-bond acceptors (Lipinski definition) is 4. The highest BCUT2D eigenvalue weighted by atomic mass is 16.5. The van der Waals surface area contributed by atoms with Gasteiger partial charge in [0.15, 0.2) is 0 Å². The number of ether oxygens (including phenoxy) is 1. The highest BCUT2D eigenvalue weighted by Crippen LogP contribution is 2.18. The number of hydrogen-bond donors (Lipinski definition) is 1. The van der Waals surface area contributed by atoms with Crippen LogP contribution in [-0.2, 0) is 4.74 Å². The Balaban J connectivity index is 2.88. The van der Waals surface area contributed by atoms with E-state index in [2.05, 4.69) is 24.1 Å². The maximum Gasteiger partial charge on any atom is 0.253 e. The molecule has 1 rings (SSSR count). The largest absolute Gasteiger partial charge is 0.380 e. The minimum atomic E-state index is -0.00879. The van der Waals surface area contributed by atoms with Crippen molar-refractivity contribution in [3.05, 3.63) is 23.4 Å². The first kappa shape index (κ1) is 16.4. The van der Waals surface area contributed by atoms with E-state index in [1.54, 1.807) is 25.1 Å². The molecule has 0 bridgehead atoms. The van der Waals surface area contributed by atoms with Crippen molar-refractivity contribution in [3.63, 3.8) is 0 Å². The summed E-state index contributed by atoms with van der Waals surface area (Å²) in [6.45, 7) is 7.88. The van der Waals surface area contributed by atoms with Gasteiger partial charge in [0, 0.05) is 38.5 Å². The van der Waals surface area contributed by atoms with Gasteiger partial charge in [-0.05, 0) is 25.0 Å². The fourth-order valence-electron chi connectivity index (χ4n) is 1.77. The van der Waals surface area contributed by atoms with E-state index < -0.39 is 0 Å². The summed E-state index contributed by atoms with van der Waals surface area (Å²) >= 11 is 0. The molecule has 5 nitrogen and oxygen atoms in total. The van der Waals surface area contributed by atoms with E-state index in [4.69, 9.17) is 4.74 Å². The fraction of sp³-hybridized carbons (Fsp3) is 0.600. The first-order chi connectivity index (χ1) is 9.49. The third kappa shape index (κ3) is 4.49. The standard InChI is InChI=1S/C15H25N3O2/c1-6-20-8-7-18(5)15(19)12-9-13(11(2)3)17-14(10-12)16-4/h9-11H,6-8H2,1-5H3,(H,16,17). The number of carbonyl (C=O) groups is 1. The van der Waals surface area contributed by atoms with Crippen LogP contribution in [0.25, 0.3) is 0 Å². The molecule has 1 heterocycles. The van der Waals surface area contributed by atoms with Gasteiger partial charge in [0.25, 0.3) is 5.91 Å². The van der Waals surface area contributed by atoms with E-state index in [0.717, 1.165) is 11.5 Å². The number of rotatable bonds is 7. The molecule has 1 N–H and O–H groups in total. The van der Waals surface area contributed by atoms with Crippen LogP contribution in [0.4, 0.5) is 5.82 Å². The number of pyridine rings is 1. The second-order valence-corrected chi connectivity index (χ2v) is 4.99. The summed E-state index contributed by atoms with van der Waals surface area (Å²) in [4.78, 5) is 18.5. The predicted octanol–water partition coefficient (Wildman–Crippen LogP) is 2.36. The molecule has 5 heteroatoms. The normalized spacial score (nSPS) is 10.7. The van der Waals surface area contributed by atoms with Crippen molar-refractivity contribution in [2.24, 2.45) is 0 Å². The van der Waals surface area contributed by atoms with Crippen LogP contribution in [-0.4, -0.2) is 49.6 Å². The maximum atomic E-state index is 12.4. The number of nitrogens with one attached hydrogen (secondary N) is 1. The molecule has 1 aromatic heterocycles. The topological polar surface area (TPSA) is 54.5 Å². The van der Waals surface area contributed by atoms with Gasteiger partial charge in [0.1, 0.15) is 5.82 Å². The summed E-state index contributed by atoms with van der Waals surface area (Å²) in [5.41, 5.74) is 1.57. The summed E-state index contributed by atoms with van der Waals surface area (Å²) in [5.74, 6) is 0.992. The number of anilines is 1. The molecule has 0 aromatic carbocycles. The smallest absolute Gasteiger partial charge is 0.253 e. The van der Waals surface area contributed by atoms with Gasteiger partial charge >= 0.3 is 0 Å². The molecule has 1 aromatic rings. The van der Waals surface area contributed by atoms with Crippen LogP contribution in [0.2, 0.25) is 0 Å².